The summed E-state index contributed by atoms with van der Waals surface area (Å²) in [5.74, 6) is -0.381. The summed E-state index contributed by atoms with van der Waals surface area (Å²) >= 11 is 0.787. The summed E-state index contributed by atoms with van der Waals surface area (Å²) in [5, 5.41) is 10.1. The zero-order chi connectivity index (χ0) is 18.7. The van der Waals surface area contributed by atoms with Crippen molar-refractivity contribution in [1.82, 2.24) is 10.2 Å². The van der Waals surface area contributed by atoms with Gasteiger partial charge in [0.25, 0.3) is 20.3 Å². The van der Waals surface area contributed by atoms with Gasteiger partial charge in [0.1, 0.15) is 0 Å². The van der Waals surface area contributed by atoms with Gasteiger partial charge >= 0.3 is 0 Å². The molecule has 1 heterocycles. The minimum atomic E-state index is -3.89. The maximum atomic E-state index is 12.5. The van der Waals surface area contributed by atoms with Gasteiger partial charge in [-0.1, -0.05) is 41.7 Å². The van der Waals surface area contributed by atoms with Crippen LogP contribution in [-0.4, -0.2) is 24.5 Å². The average Bonchev–Trinajstić information content (AvgIpc) is 3.08. The Morgan fingerprint density at radius 1 is 1.04 bits per heavy atom. The molecule has 3 rings (SSSR count). The number of nitrogens with zero attached hydrogens (tertiary/aromatic N) is 2. The minimum absolute atomic E-state index is 0.111. The normalized spacial score (nSPS) is 11.2. The first-order valence-corrected chi connectivity index (χ1v) is 9.95. The fraction of sp³-hybridized carbons (Fsp3) is 0.118. The lowest BCUT2D eigenvalue weighted by molar-refractivity contribution is 0.102. The largest absolute Gasteiger partial charge is 0.296 e. The van der Waals surface area contributed by atoms with E-state index >= 15 is 0 Å². The second-order valence-corrected chi connectivity index (χ2v) is 8.45. The molecule has 0 bridgehead atoms. The van der Waals surface area contributed by atoms with Crippen molar-refractivity contribution < 1.29 is 13.2 Å². The molecule has 0 aliphatic rings. The molecule has 0 fully saturated rings. The standard InChI is InChI=1S/C17H16N4O3S2/c1-11-8-9-12(2)14(10-11)21-26(23,24)17-20-19-16(25-17)18-15(22)13-6-4-3-5-7-13/h3-10,21H,1-2H3,(H,18,19,22). The smallest absolute Gasteiger partial charge is 0.291 e. The Labute approximate surface area is 155 Å². The number of nitrogens with one attached hydrogen (secondary N) is 2. The van der Waals surface area contributed by atoms with Gasteiger partial charge < -0.3 is 0 Å². The minimum Gasteiger partial charge on any atom is -0.296 e. The molecule has 2 N–H and O–H groups in total. The zero-order valence-electron chi connectivity index (χ0n) is 14.1. The summed E-state index contributed by atoms with van der Waals surface area (Å²) in [6, 6.07) is 14.0. The molecule has 1 aromatic heterocycles. The maximum Gasteiger partial charge on any atom is 0.291 e. The van der Waals surface area contributed by atoms with Crippen LogP contribution in [0.4, 0.5) is 10.8 Å². The molecule has 134 valence electrons. The number of anilines is 2. The number of carbonyl (C=O) groups is 1. The number of aryl methyl sites for hydroxylation is 2. The van der Waals surface area contributed by atoms with Gasteiger partial charge in [0, 0.05) is 5.56 Å². The lowest BCUT2D eigenvalue weighted by Crippen LogP contribution is -2.13. The number of carbonyl (C=O) groups excluding carboxylic acids is 1. The molecular weight excluding hydrogens is 372 g/mol. The number of benzene rings is 2. The second-order valence-electron chi connectivity index (χ2n) is 5.62. The molecule has 9 heteroatoms. The van der Waals surface area contributed by atoms with Crippen LogP contribution in [-0.2, 0) is 10.0 Å². The van der Waals surface area contributed by atoms with Crippen LogP contribution in [0.3, 0.4) is 0 Å². The van der Waals surface area contributed by atoms with E-state index in [0.29, 0.717) is 11.3 Å². The summed E-state index contributed by atoms with van der Waals surface area (Å²) in [5.41, 5.74) is 2.65. The fourth-order valence-electron chi connectivity index (χ4n) is 2.16. The van der Waals surface area contributed by atoms with Crippen molar-refractivity contribution in [3.8, 4) is 0 Å². The molecule has 3 aromatic rings. The molecule has 0 saturated heterocycles. The van der Waals surface area contributed by atoms with Crippen LogP contribution in [0, 0.1) is 13.8 Å². The van der Waals surface area contributed by atoms with Crippen LogP contribution in [0.15, 0.2) is 52.9 Å². The first-order chi connectivity index (χ1) is 12.3. The van der Waals surface area contributed by atoms with Crippen molar-refractivity contribution in [2.45, 2.75) is 18.2 Å². The van der Waals surface area contributed by atoms with E-state index in [4.69, 9.17) is 0 Å². The molecule has 0 aliphatic heterocycles. The summed E-state index contributed by atoms with van der Waals surface area (Å²) < 4.78 is 27.3. The van der Waals surface area contributed by atoms with Crippen molar-refractivity contribution in [3.05, 3.63) is 65.2 Å². The Kier molecular flexibility index (Phi) is 5.01. The van der Waals surface area contributed by atoms with E-state index in [1.165, 1.54) is 0 Å². The lowest BCUT2D eigenvalue weighted by atomic mass is 10.1. The second kappa shape index (κ2) is 7.22. The van der Waals surface area contributed by atoms with Gasteiger partial charge in [-0.3, -0.25) is 14.8 Å². The maximum absolute atomic E-state index is 12.5. The topological polar surface area (TPSA) is 101 Å². The predicted molar refractivity (Wildman–Crippen MR) is 101 cm³/mol. The molecule has 26 heavy (non-hydrogen) atoms. The van der Waals surface area contributed by atoms with E-state index in [0.717, 1.165) is 22.5 Å². The Bertz CT molecular complexity index is 1050. The zero-order valence-corrected chi connectivity index (χ0v) is 15.7. The molecule has 0 saturated carbocycles. The van der Waals surface area contributed by atoms with Crippen molar-refractivity contribution in [3.63, 3.8) is 0 Å². The molecule has 0 radical (unpaired) electrons. The van der Waals surface area contributed by atoms with E-state index < -0.39 is 10.0 Å². The van der Waals surface area contributed by atoms with Crippen molar-refractivity contribution in [2.24, 2.45) is 0 Å². The Morgan fingerprint density at radius 3 is 2.50 bits per heavy atom. The Hall–Kier alpha value is -2.78. The number of rotatable bonds is 5. The number of aromatic nitrogens is 2. The first-order valence-electron chi connectivity index (χ1n) is 7.65. The first kappa shape index (κ1) is 18.0. The van der Waals surface area contributed by atoms with Gasteiger partial charge in [0.15, 0.2) is 0 Å². The summed E-state index contributed by atoms with van der Waals surface area (Å²) in [6.45, 7) is 3.68. The SMILES string of the molecule is Cc1ccc(C)c(NS(=O)(=O)c2nnc(NC(=O)c3ccccc3)s2)c1. The van der Waals surface area contributed by atoms with Gasteiger partial charge in [0.2, 0.25) is 5.13 Å². The number of amides is 1. The Balaban J connectivity index is 1.78. The van der Waals surface area contributed by atoms with E-state index in [1.807, 2.05) is 26.0 Å². The highest BCUT2D eigenvalue weighted by Gasteiger charge is 2.22. The summed E-state index contributed by atoms with van der Waals surface area (Å²) in [7, 11) is -3.89. The molecule has 0 atom stereocenters. The molecule has 0 aliphatic carbocycles. The van der Waals surface area contributed by atoms with Crippen molar-refractivity contribution in [1.29, 1.82) is 0 Å². The molecule has 0 spiro atoms. The third kappa shape index (κ3) is 4.06. The van der Waals surface area contributed by atoms with Crippen molar-refractivity contribution >= 4 is 38.1 Å². The highest BCUT2D eigenvalue weighted by Crippen LogP contribution is 2.25. The van der Waals surface area contributed by atoms with E-state index in [2.05, 4.69) is 20.2 Å². The van der Waals surface area contributed by atoms with Crippen LogP contribution >= 0.6 is 11.3 Å². The van der Waals surface area contributed by atoms with E-state index in [-0.39, 0.29) is 15.4 Å². The third-order valence-corrected chi connectivity index (χ3v) is 6.10. The van der Waals surface area contributed by atoms with Crippen LogP contribution < -0.4 is 10.0 Å². The number of sulfonamides is 1. The van der Waals surface area contributed by atoms with Gasteiger partial charge in [-0.25, -0.2) is 0 Å². The highest BCUT2D eigenvalue weighted by molar-refractivity contribution is 7.94. The number of hydrogen-bond donors (Lipinski definition) is 2. The average molecular weight is 388 g/mol. The van der Waals surface area contributed by atoms with Crippen molar-refractivity contribution in [2.75, 3.05) is 10.0 Å². The lowest BCUT2D eigenvalue weighted by Gasteiger charge is -2.09. The third-order valence-electron chi connectivity index (χ3n) is 3.53. The Morgan fingerprint density at radius 2 is 1.77 bits per heavy atom. The van der Waals surface area contributed by atoms with Crippen LogP contribution in [0.1, 0.15) is 21.5 Å². The monoisotopic (exact) mass is 388 g/mol. The molecule has 0 unspecified atom stereocenters. The van der Waals surface area contributed by atoms with Gasteiger partial charge in [-0.2, -0.15) is 8.42 Å². The fourth-order valence-corrected chi connectivity index (χ4v) is 4.18. The van der Waals surface area contributed by atoms with Gasteiger partial charge in [-0.05, 0) is 43.2 Å². The van der Waals surface area contributed by atoms with Gasteiger partial charge in [0.05, 0.1) is 5.69 Å². The van der Waals surface area contributed by atoms with Crippen LogP contribution in [0.5, 0.6) is 0 Å². The predicted octanol–water partition coefficient (Wildman–Crippen LogP) is 3.21. The quantitative estimate of drug-likeness (QED) is 0.654. The molecule has 1 amide bonds. The molecule has 7 nitrogen and oxygen atoms in total. The van der Waals surface area contributed by atoms with E-state index in [9.17, 15) is 13.2 Å². The van der Waals surface area contributed by atoms with Gasteiger partial charge in [-0.15, -0.1) is 10.2 Å². The molecule has 2 aromatic carbocycles. The molecular formula is C17H16N4O3S2. The highest BCUT2D eigenvalue weighted by atomic mass is 32.2. The van der Waals surface area contributed by atoms with Crippen LogP contribution in [0.25, 0.3) is 0 Å². The van der Waals surface area contributed by atoms with E-state index in [1.54, 1.807) is 36.4 Å². The number of hydrogen-bond acceptors (Lipinski definition) is 6. The summed E-state index contributed by atoms with van der Waals surface area (Å²) in [4.78, 5) is 12.1. The van der Waals surface area contributed by atoms with Crippen LogP contribution in [0.2, 0.25) is 0 Å². The summed E-state index contributed by atoms with van der Waals surface area (Å²) in [6.07, 6.45) is 0.